The molecule has 10 aromatic carbocycles. The first kappa shape index (κ1) is 33.2. The Labute approximate surface area is 340 Å². The number of aromatic nitrogens is 4. The molecule has 0 spiro atoms. The zero-order valence-electron chi connectivity index (χ0n) is 31.9. The molecule has 2 aromatic heterocycles. The Hall–Kier alpha value is -7.95. The van der Waals surface area contributed by atoms with Gasteiger partial charge in [-0.25, -0.2) is 15.0 Å². The van der Waals surface area contributed by atoms with E-state index < -0.39 is 0 Å². The molecule has 0 fully saturated rings. The Bertz CT molecular complexity index is 3580. The van der Waals surface area contributed by atoms with Crippen LogP contribution in [0.3, 0.4) is 0 Å². The third-order valence-electron chi connectivity index (χ3n) is 11.8. The van der Waals surface area contributed by atoms with Crippen LogP contribution in [0.1, 0.15) is 0 Å². The van der Waals surface area contributed by atoms with Crippen molar-refractivity contribution in [3.8, 4) is 51.0 Å². The van der Waals surface area contributed by atoms with Crippen LogP contribution in [-0.2, 0) is 0 Å². The van der Waals surface area contributed by atoms with Gasteiger partial charge in [0.1, 0.15) is 0 Å². The number of rotatable bonds is 5. The first-order valence-electron chi connectivity index (χ1n) is 20.0. The standard InChI is InChI=1S/C55H34N4/c1-3-17-37(18-4-1)53-56-54(58-55(57-53)45-28-15-19-35-16-7-8-22-40(35)45)38-32-30-36(31-33-38)47-34-48-42-24-10-12-26-44(42)52-51(50(48)43-25-11-9-23-41(43)47)46-27-13-14-29-49(46)59(52)39-20-5-2-6-21-39/h1-34H. The lowest BCUT2D eigenvalue weighted by Crippen LogP contribution is -2.00. The van der Waals surface area contributed by atoms with Gasteiger partial charge in [0, 0.05) is 43.9 Å². The van der Waals surface area contributed by atoms with E-state index in [0.717, 1.165) is 38.7 Å². The molecule has 0 aliphatic carbocycles. The fourth-order valence-corrected chi connectivity index (χ4v) is 9.17. The van der Waals surface area contributed by atoms with E-state index in [1.165, 1.54) is 59.7 Å². The summed E-state index contributed by atoms with van der Waals surface area (Å²) in [5.41, 5.74) is 8.78. The second kappa shape index (κ2) is 13.3. The summed E-state index contributed by atoms with van der Waals surface area (Å²) < 4.78 is 2.45. The van der Waals surface area contributed by atoms with Crippen molar-refractivity contribution in [2.45, 2.75) is 0 Å². The van der Waals surface area contributed by atoms with Gasteiger partial charge in [0.25, 0.3) is 0 Å². The van der Waals surface area contributed by atoms with Gasteiger partial charge in [0.05, 0.1) is 11.0 Å². The molecule has 0 saturated heterocycles. The van der Waals surface area contributed by atoms with Crippen LogP contribution >= 0.6 is 0 Å². The van der Waals surface area contributed by atoms with E-state index in [0.29, 0.717) is 17.5 Å². The Kier molecular flexibility index (Phi) is 7.50. The van der Waals surface area contributed by atoms with Gasteiger partial charge in [0.2, 0.25) is 0 Å². The Morgan fingerprint density at radius 2 is 0.847 bits per heavy atom. The van der Waals surface area contributed by atoms with Gasteiger partial charge in [-0.15, -0.1) is 0 Å². The van der Waals surface area contributed by atoms with Gasteiger partial charge in [-0.05, 0) is 67.7 Å². The van der Waals surface area contributed by atoms with Gasteiger partial charge < -0.3 is 4.57 Å². The summed E-state index contributed by atoms with van der Waals surface area (Å²) in [7, 11) is 0. The van der Waals surface area contributed by atoms with E-state index >= 15 is 0 Å². The highest BCUT2D eigenvalue weighted by Crippen LogP contribution is 2.47. The summed E-state index contributed by atoms with van der Waals surface area (Å²) in [5, 5.41) is 12.2. The smallest absolute Gasteiger partial charge is 0.164 e. The summed E-state index contributed by atoms with van der Waals surface area (Å²) in [5.74, 6) is 1.94. The number of para-hydroxylation sites is 2. The van der Waals surface area contributed by atoms with E-state index in [1.807, 2.05) is 18.2 Å². The predicted molar refractivity (Wildman–Crippen MR) is 246 cm³/mol. The molecule has 0 saturated carbocycles. The molecule has 0 aliphatic rings. The molecule has 4 heteroatoms. The van der Waals surface area contributed by atoms with E-state index in [-0.39, 0.29) is 0 Å². The summed E-state index contributed by atoms with van der Waals surface area (Å²) in [6.07, 6.45) is 0. The molecule has 4 nitrogen and oxygen atoms in total. The van der Waals surface area contributed by atoms with Crippen LogP contribution in [0.15, 0.2) is 206 Å². The van der Waals surface area contributed by atoms with Gasteiger partial charge in [0.15, 0.2) is 17.5 Å². The molecule has 0 bridgehead atoms. The minimum absolute atomic E-state index is 0.639. The third kappa shape index (κ3) is 5.27. The molecule has 0 radical (unpaired) electrons. The molecule has 2 heterocycles. The highest BCUT2D eigenvalue weighted by atomic mass is 15.0. The molecular weight excluding hydrogens is 717 g/mol. The predicted octanol–water partition coefficient (Wildman–Crippen LogP) is 14.2. The highest BCUT2D eigenvalue weighted by molar-refractivity contribution is 6.38. The topological polar surface area (TPSA) is 43.6 Å². The lowest BCUT2D eigenvalue weighted by atomic mass is 9.88. The number of hydrogen-bond acceptors (Lipinski definition) is 3. The minimum Gasteiger partial charge on any atom is -0.309 e. The second-order valence-electron chi connectivity index (χ2n) is 15.1. The van der Waals surface area contributed by atoms with Gasteiger partial charge in [-0.1, -0.05) is 182 Å². The fourth-order valence-electron chi connectivity index (χ4n) is 9.17. The van der Waals surface area contributed by atoms with Crippen molar-refractivity contribution in [1.29, 1.82) is 0 Å². The quantitative estimate of drug-likeness (QED) is 0.165. The number of hydrogen-bond donors (Lipinski definition) is 0. The SMILES string of the molecule is c1ccc(-c2nc(-c3ccc(-c4cc5c6ccccc6c6c(c7ccccc7n6-c6ccccc6)c5c5ccccc45)cc3)nc(-c3cccc4ccccc34)n2)cc1. The van der Waals surface area contributed by atoms with Crippen LogP contribution in [0.5, 0.6) is 0 Å². The van der Waals surface area contributed by atoms with Gasteiger partial charge in [-0.3, -0.25) is 0 Å². The fraction of sp³-hybridized carbons (Fsp3) is 0. The molecular formula is C55H34N4. The molecule has 0 amide bonds. The molecule has 0 unspecified atom stereocenters. The van der Waals surface area contributed by atoms with Crippen LogP contribution in [0.25, 0.3) is 116 Å². The molecule has 12 rings (SSSR count). The maximum atomic E-state index is 5.13. The lowest BCUT2D eigenvalue weighted by molar-refractivity contribution is 1.08. The van der Waals surface area contributed by atoms with E-state index in [4.69, 9.17) is 15.0 Å². The largest absolute Gasteiger partial charge is 0.309 e. The zero-order valence-corrected chi connectivity index (χ0v) is 31.9. The molecule has 59 heavy (non-hydrogen) atoms. The Morgan fingerprint density at radius 1 is 0.305 bits per heavy atom. The van der Waals surface area contributed by atoms with Crippen molar-refractivity contribution in [2.75, 3.05) is 0 Å². The second-order valence-corrected chi connectivity index (χ2v) is 15.1. The highest BCUT2D eigenvalue weighted by Gasteiger charge is 2.22. The van der Waals surface area contributed by atoms with Crippen LogP contribution in [-0.4, -0.2) is 19.5 Å². The summed E-state index contributed by atoms with van der Waals surface area (Å²) in [6, 6.07) is 73.4. The number of nitrogens with zero attached hydrogens (tertiary/aromatic N) is 4. The Morgan fingerprint density at radius 3 is 1.61 bits per heavy atom. The van der Waals surface area contributed by atoms with Crippen LogP contribution in [0.2, 0.25) is 0 Å². The molecule has 12 aromatic rings. The summed E-state index contributed by atoms with van der Waals surface area (Å²) in [4.78, 5) is 15.2. The normalized spacial score (nSPS) is 11.7. The Balaban J connectivity index is 1.08. The summed E-state index contributed by atoms with van der Waals surface area (Å²) >= 11 is 0. The van der Waals surface area contributed by atoms with Crippen molar-refractivity contribution in [1.82, 2.24) is 19.5 Å². The zero-order chi connectivity index (χ0) is 38.9. The molecule has 0 aliphatic heterocycles. The lowest BCUT2D eigenvalue weighted by Gasteiger charge is -2.16. The minimum atomic E-state index is 0.639. The third-order valence-corrected chi connectivity index (χ3v) is 11.8. The van der Waals surface area contributed by atoms with Crippen molar-refractivity contribution < 1.29 is 0 Å². The first-order valence-corrected chi connectivity index (χ1v) is 20.0. The van der Waals surface area contributed by atoms with Gasteiger partial charge in [-0.2, -0.15) is 0 Å². The van der Waals surface area contributed by atoms with E-state index in [1.54, 1.807) is 0 Å². The van der Waals surface area contributed by atoms with Crippen molar-refractivity contribution >= 4 is 64.9 Å². The monoisotopic (exact) mass is 750 g/mol. The maximum absolute atomic E-state index is 5.13. The molecule has 0 atom stereocenters. The van der Waals surface area contributed by atoms with Crippen LogP contribution < -0.4 is 0 Å². The van der Waals surface area contributed by atoms with Crippen LogP contribution in [0.4, 0.5) is 0 Å². The van der Waals surface area contributed by atoms with Crippen molar-refractivity contribution in [2.24, 2.45) is 0 Å². The van der Waals surface area contributed by atoms with Crippen LogP contribution in [0, 0.1) is 0 Å². The maximum Gasteiger partial charge on any atom is 0.164 e. The molecule has 0 N–H and O–H groups in total. The number of fused-ring (bicyclic) bond motifs is 11. The van der Waals surface area contributed by atoms with Gasteiger partial charge >= 0.3 is 0 Å². The summed E-state index contributed by atoms with van der Waals surface area (Å²) in [6.45, 7) is 0. The number of benzene rings is 10. The first-order chi connectivity index (χ1) is 29.3. The average Bonchev–Trinajstić information content (AvgIpc) is 3.67. The molecule has 274 valence electrons. The van der Waals surface area contributed by atoms with E-state index in [9.17, 15) is 0 Å². The van der Waals surface area contributed by atoms with E-state index in [2.05, 4.69) is 193 Å². The average molecular weight is 751 g/mol. The van der Waals surface area contributed by atoms with Crippen molar-refractivity contribution in [3.05, 3.63) is 206 Å². The van der Waals surface area contributed by atoms with Crippen molar-refractivity contribution in [3.63, 3.8) is 0 Å².